The van der Waals surface area contributed by atoms with Crippen LogP contribution in [0.4, 0.5) is 5.69 Å². The van der Waals surface area contributed by atoms with E-state index in [1.54, 1.807) is 0 Å². The Morgan fingerprint density at radius 2 is 1.70 bits per heavy atom. The SMILES string of the molecule is CN(C)C(C=O)CC(Cc1ccccc1)c1ccc(N2CCOCC2)cc1. The number of aldehydes is 1. The molecule has 144 valence electrons. The quantitative estimate of drug-likeness (QED) is 0.671. The molecule has 3 rings (SSSR count). The summed E-state index contributed by atoms with van der Waals surface area (Å²) in [6, 6.07) is 19.4. The van der Waals surface area contributed by atoms with Crippen LogP contribution in [0.1, 0.15) is 23.5 Å². The average molecular weight is 367 g/mol. The Morgan fingerprint density at radius 3 is 2.30 bits per heavy atom. The van der Waals surface area contributed by atoms with Crippen molar-refractivity contribution >= 4 is 12.0 Å². The zero-order chi connectivity index (χ0) is 19.1. The number of carbonyl (C=O) groups is 1. The van der Waals surface area contributed by atoms with Crippen molar-refractivity contribution in [3.63, 3.8) is 0 Å². The van der Waals surface area contributed by atoms with Crippen molar-refractivity contribution in [2.75, 3.05) is 45.3 Å². The van der Waals surface area contributed by atoms with E-state index in [1.165, 1.54) is 16.8 Å². The molecule has 0 N–H and O–H groups in total. The second-order valence-corrected chi connectivity index (χ2v) is 7.48. The average Bonchev–Trinajstić information content (AvgIpc) is 2.72. The number of hydrogen-bond donors (Lipinski definition) is 0. The molecule has 2 atom stereocenters. The minimum absolute atomic E-state index is 0.0716. The number of carbonyl (C=O) groups excluding carboxylic acids is 1. The van der Waals surface area contributed by atoms with Gasteiger partial charge in [0.05, 0.1) is 19.3 Å². The Labute approximate surface area is 162 Å². The summed E-state index contributed by atoms with van der Waals surface area (Å²) in [5, 5.41) is 0. The molecule has 2 aromatic rings. The fourth-order valence-electron chi connectivity index (χ4n) is 3.69. The lowest BCUT2D eigenvalue weighted by molar-refractivity contribution is -0.111. The third-order valence-corrected chi connectivity index (χ3v) is 5.41. The van der Waals surface area contributed by atoms with Gasteiger partial charge in [-0.05, 0) is 56.1 Å². The Bertz CT molecular complexity index is 694. The normalized spacial score (nSPS) is 16.9. The van der Waals surface area contributed by atoms with Gasteiger partial charge >= 0.3 is 0 Å². The number of likely N-dealkylation sites (N-methyl/N-ethyl adjacent to an activating group) is 1. The van der Waals surface area contributed by atoms with Crippen LogP contribution in [-0.4, -0.2) is 57.6 Å². The van der Waals surface area contributed by atoms with Gasteiger partial charge in [0, 0.05) is 18.8 Å². The van der Waals surface area contributed by atoms with E-state index >= 15 is 0 Å². The summed E-state index contributed by atoms with van der Waals surface area (Å²) in [6.07, 6.45) is 2.83. The number of nitrogens with zero attached hydrogens (tertiary/aromatic N) is 2. The van der Waals surface area contributed by atoms with Crippen LogP contribution < -0.4 is 4.90 Å². The van der Waals surface area contributed by atoms with Crippen molar-refractivity contribution in [1.82, 2.24) is 4.90 Å². The van der Waals surface area contributed by atoms with E-state index in [0.29, 0.717) is 5.92 Å². The predicted octanol–water partition coefficient (Wildman–Crippen LogP) is 3.37. The van der Waals surface area contributed by atoms with Gasteiger partial charge < -0.3 is 14.4 Å². The van der Waals surface area contributed by atoms with E-state index < -0.39 is 0 Å². The minimum atomic E-state index is -0.0716. The molecular formula is C23H30N2O2. The highest BCUT2D eigenvalue weighted by Gasteiger charge is 2.20. The second-order valence-electron chi connectivity index (χ2n) is 7.48. The first-order chi connectivity index (χ1) is 13.2. The molecule has 0 aromatic heterocycles. The monoisotopic (exact) mass is 366 g/mol. The van der Waals surface area contributed by atoms with E-state index in [-0.39, 0.29) is 6.04 Å². The molecule has 0 radical (unpaired) electrons. The summed E-state index contributed by atoms with van der Waals surface area (Å²) in [4.78, 5) is 15.9. The number of ether oxygens (including phenoxy) is 1. The van der Waals surface area contributed by atoms with Crippen LogP contribution in [0.25, 0.3) is 0 Å². The third kappa shape index (κ3) is 5.41. The lowest BCUT2D eigenvalue weighted by Crippen LogP contribution is -2.36. The highest BCUT2D eigenvalue weighted by molar-refractivity contribution is 5.58. The van der Waals surface area contributed by atoms with Gasteiger partial charge in [-0.15, -0.1) is 0 Å². The fraction of sp³-hybridized carbons (Fsp3) is 0.435. The zero-order valence-electron chi connectivity index (χ0n) is 16.4. The first kappa shape index (κ1) is 19.6. The Morgan fingerprint density at radius 1 is 1.04 bits per heavy atom. The van der Waals surface area contributed by atoms with Gasteiger partial charge in [-0.25, -0.2) is 0 Å². The number of morpholine rings is 1. The molecule has 1 aliphatic rings. The molecule has 2 aromatic carbocycles. The standard InChI is InChI=1S/C23H30N2O2/c1-24(2)23(18-26)17-21(16-19-6-4-3-5-7-19)20-8-10-22(11-9-20)25-12-14-27-15-13-25/h3-11,18,21,23H,12-17H2,1-2H3. The van der Waals surface area contributed by atoms with Gasteiger partial charge in [-0.2, -0.15) is 0 Å². The third-order valence-electron chi connectivity index (χ3n) is 5.41. The maximum Gasteiger partial charge on any atom is 0.137 e. The molecule has 1 aliphatic heterocycles. The van der Waals surface area contributed by atoms with E-state index in [1.807, 2.05) is 25.1 Å². The molecule has 0 aliphatic carbocycles. The Hall–Kier alpha value is -2.17. The largest absolute Gasteiger partial charge is 0.378 e. The van der Waals surface area contributed by atoms with E-state index in [4.69, 9.17) is 4.74 Å². The maximum atomic E-state index is 11.6. The molecule has 0 saturated carbocycles. The highest BCUT2D eigenvalue weighted by Crippen LogP contribution is 2.28. The van der Waals surface area contributed by atoms with E-state index in [0.717, 1.165) is 45.4 Å². The molecule has 1 fully saturated rings. The maximum absolute atomic E-state index is 11.6. The second kappa shape index (κ2) is 9.67. The molecule has 0 bridgehead atoms. The van der Waals surface area contributed by atoms with Gasteiger partial charge in [-0.3, -0.25) is 4.90 Å². The smallest absolute Gasteiger partial charge is 0.137 e. The number of benzene rings is 2. The molecule has 0 amide bonds. The molecule has 0 spiro atoms. The summed E-state index contributed by atoms with van der Waals surface area (Å²) >= 11 is 0. The van der Waals surface area contributed by atoms with Crippen molar-refractivity contribution in [2.45, 2.75) is 24.8 Å². The van der Waals surface area contributed by atoms with E-state index in [2.05, 4.69) is 53.4 Å². The van der Waals surface area contributed by atoms with Gasteiger partial charge in [-0.1, -0.05) is 42.5 Å². The summed E-state index contributed by atoms with van der Waals surface area (Å²) in [7, 11) is 3.94. The summed E-state index contributed by atoms with van der Waals surface area (Å²) in [5.74, 6) is 0.309. The lowest BCUT2D eigenvalue weighted by Gasteiger charge is -2.29. The number of anilines is 1. The van der Waals surface area contributed by atoms with Crippen molar-refractivity contribution < 1.29 is 9.53 Å². The first-order valence-electron chi connectivity index (χ1n) is 9.75. The van der Waals surface area contributed by atoms with Crippen LogP contribution in [0.2, 0.25) is 0 Å². The van der Waals surface area contributed by atoms with Crippen LogP contribution in [0.15, 0.2) is 54.6 Å². The van der Waals surface area contributed by atoms with Crippen LogP contribution in [0.3, 0.4) is 0 Å². The topological polar surface area (TPSA) is 32.8 Å². The molecule has 27 heavy (non-hydrogen) atoms. The van der Waals surface area contributed by atoms with Crippen LogP contribution in [0, 0.1) is 0 Å². The zero-order valence-corrected chi connectivity index (χ0v) is 16.4. The lowest BCUT2D eigenvalue weighted by atomic mass is 9.86. The van der Waals surface area contributed by atoms with Gasteiger partial charge in [0.2, 0.25) is 0 Å². The van der Waals surface area contributed by atoms with Crippen LogP contribution in [-0.2, 0) is 16.0 Å². The van der Waals surface area contributed by atoms with Crippen LogP contribution in [0.5, 0.6) is 0 Å². The molecule has 4 heteroatoms. The molecule has 2 unspecified atom stereocenters. The first-order valence-corrected chi connectivity index (χ1v) is 9.75. The van der Waals surface area contributed by atoms with Crippen molar-refractivity contribution in [3.05, 3.63) is 65.7 Å². The molecular weight excluding hydrogens is 336 g/mol. The van der Waals surface area contributed by atoms with Crippen molar-refractivity contribution in [2.24, 2.45) is 0 Å². The van der Waals surface area contributed by atoms with E-state index in [9.17, 15) is 4.79 Å². The predicted molar refractivity (Wildman–Crippen MR) is 111 cm³/mol. The molecule has 1 heterocycles. The summed E-state index contributed by atoms with van der Waals surface area (Å²) < 4.78 is 5.45. The molecule has 4 nitrogen and oxygen atoms in total. The van der Waals surface area contributed by atoms with Crippen LogP contribution >= 0.6 is 0 Å². The Kier molecular flexibility index (Phi) is 7.02. The Balaban J connectivity index is 1.79. The summed E-state index contributed by atoms with van der Waals surface area (Å²) in [6.45, 7) is 3.48. The van der Waals surface area contributed by atoms with Crippen molar-refractivity contribution in [1.29, 1.82) is 0 Å². The van der Waals surface area contributed by atoms with Gasteiger partial charge in [0.25, 0.3) is 0 Å². The van der Waals surface area contributed by atoms with Crippen molar-refractivity contribution in [3.8, 4) is 0 Å². The van der Waals surface area contributed by atoms with Gasteiger partial charge in [0.15, 0.2) is 0 Å². The minimum Gasteiger partial charge on any atom is -0.378 e. The number of rotatable bonds is 8. The molecule has 1 saturated heterocycles. The highest BCUT2D eigenvalue weighted by atomic mass is 16.5. The fourth-order valence-corrected chi connectivity index (χ4v) is 3.69. The van der Waals surface area contributed by atoms with Gasteiger partial charge in [0.1, 0.15) is 6.29 Å². The summed E-state index contributed by atoms with van der Waals surface area (Å²) in [5.41, 5.74) is 3.85. The number of hydrogen-bond acceptors (Lipinski definition) is 4.